The third-order valence-electron chi connectivity index (χ3n) is 5.38. The number of aliphatic carboxylic acids is 2. The van der Waals surface area contributed by atoms with E-state index in [-0.39, 0.29) is 37.4 Å². The lowest BCUT2D eigenvalue weighted by atomic mass is 10.0. The molecule has 4 unspecified atom stereocenters. The van der Waals surface area contributed by atoms with Crippen molar-refractivity contribution in [1.29, 1.82) is 0 Å². The fourth-order valence-electron chi connectivity index (χ4n) is 3.45. The predicted octanol–water partition coefficient (Wildman–Crippen LogP) is -1.41. The number of primary amides is 1. The molecule has 0 aliphatic heterocycles. The Morgan fingerprint density at radius 2 is 1.37 bits per heavy atom. The highest BCUT2D eigenvalue weighted by atomic mass is 16.4. The molecule has 0 fully saturated rings. The average Bonchev–Trinajstić information content (AvgIpc) is 2.80. The zero-order chi connectivity index (χ0) is 29.0. The van der Waals surface area contributed by atoms with Gasteiger partial charge in [0.2, 0.25) is 23.6 Å². The number of nitrogens with one attached hydrogen (secondary N) is 3. The SMILES string of the molecule is CC(C)CC(N)C(=O)NC(CC(=O)O)C(=O)NC(CCC(N)=O)C(=O)NC(Cc1ccc(O)cc1)C(=O)O. The average molecular weight is 538 g/mol. The lowest BCUT2D eigenvalue weighted by molar-refractivity contribution is -0.143. The molecule has 14 nitrogen and oxygen atoms in total. The molecule has 0 spiro atoms. The number of benzene rings is 1. The van der Waals surface area contributed by atoms with Crippen LogP contribution in [0.1, 0.15) is 45.1 Å². The van der Waals surface area contributed by atoms with E-state index in [1.165, 1.54) is 24.3 Å². The second-order valence-electron chi connectivity index (χ2n) is 9.23. The van der Waals surface area contributed by atoms with Crippen molar-refractivity contribution < 1.29 is 44.1 Å². The summed E-state index contributed by atoms with van der Waals surface area (Å²) in [5.41, 5.74) is 11.4. The van der Waals surface area contributed by atoms with Gasteiger partial charge in [-0.2, -0.15) is 0 Å². The number of rotatable bonds is 16. The number of hydrogen-bond donors (Lipinski definition) is 8. The van der Waals surface area contributed by atoms with Crippen molar-refractivity contribution in [2.45, 2.75) is 70.1 Å². The summed E-state index contributed by atoms with van der Waals surface area (Å²) in [4.78, 5) is 72.6. The molecule has 0 aromatic heterocycles. The van der Waals surface area contributed by atoms with Gasteiger partial charge in [-0.15, -0.1) is 0 Å². The number of hydrogen-bond acceptors (Lipinski definition) is 8. The first kappa shape index (κ1) is 31.8. The molecule has 14 heteroatoms. The molecule has 10 N–H and O–H groups in total. The Bertz CT molecular complexity index is 1010. The zero-order valence-corrected chi connectivity index (χ0v) is 21.2. The monoisotopic (exact) mass is 537 g/mol. The van der Waals surface area contributed by atoms with Crippen LogP contribution in [0.2, 0.25) is 0 Å². The molecule has 1 aromatic rings. The molecule has 0 saturated heterocycles. The van der Waals surface area contributed by atoms with Crippen molar-refractivity contribution in [3.63, 3.8) is 0 Å². The van der Waals surface area contributed by atoms with Crippen LogP contribution in [-0.4, -0.2) is 75.1 Å². The molecule has 1 rings (SSSR count). The van der Waals surface area contributed by atoms with Crippen LogP contribution in [0.5, 0.6) is 5.75 Å². The van der Waals surface area contributed by atoms with Crippen LogP contribution >= 0.6 is 0 Å². The highest BCUT2D eigenvalue weighted by Gasteiger charge is 2.31. The Labute approximate surface area is 219 Å². The number of carboxylic acid groups (broad SMARTS) is 2. The van der Waals surface area contributed by atoms with E-state index in [4.69, 9.17) is 11.5 Å². The van der Waals surface area contributed by atoms with E-state index < -0.39 is 66.2 Å². The third-order valence-corrected chi connectivity index (χ3v) is 5.38. The maximum Gasteiger partial charge on any atom is 0.326 e. The van der Waals surface area contributed by atoms with Gasteiger partial charge in [0.15, 0.2) is 0 Å². The molecule has 0 aliphatic carbocycles. The Kier molecular flexibility index (Phi) is 12.7. The standard InChI is InChI=1S/C24H35N5O9/c1-12(2)9-15(25)21(34)28-17(11-20(32)33)23(36)27-16(7-8-19(26)31)22(35)29-18(24(37)38)10-13-3-5-14(30)6-4-13/h3-6,12,15-18,30H,7-11,25H2,1-2H3,(H2,26,31)(H,27,36)(H,28,34)(H,29,35)(H,32,33)(H,37,38). The minimum Gasteiger partial charge on any atom is -0.508 e. The molecule has 1 aromatic carbocycles. The van der Waals surface area contributed by atoms with Crippen LogP contribution in [0.4, 0.5) is 0 Å². The number of aromatic hydroxyl groups is 1. The topological polar surface area (TPSA) is 251 Å². The highest BCUT2D eigenvalue weighted by molar-refractivity contribution is 5.95. The van der Waals surface area contributed by atoms with Gasteiger partial charge in [0.1, 0.15) is 23.9 Å². The van der Waals surface area contributed by atoms with Crippen LogP contribution in [0.3, 0.4) is 0 Å². The summed E-state index contributed by atoms with van der Waals surface area (Å²) in [5, 5.41) is 35.0. The first-order valence-corrected chi connectivity index (χ1v) is 11.9. The second kappa shape index (κ2) is 15.1. The van der Waals surface area contributed by atoms with Gasteiger partial charge in [-0.25, -0.2) is 4.79 Å². The summed E-state index contributed by atoms with van der Waals surface area (Å²) in [7, 11) is 0. The zero-order valence-electron chi connectivity index (χ0n) is 21.2. The van der Waals surface area contributed by atoms with E-state index in [0.717, 1.165) is 0 Å². The lowest BCUT2D eigenvalue weighted by Crippen LogP contribution is -2.57. The van der Waals surface area contributed by atoms with Crippen LogP contribution < -0.4 is 27.4 Å². The molecule has 0 bridgehead atoms. The maximum atomic E-state index is 12.9. The Morgan fingerprint density at radius 1 is 0.842 bits per heavy atom. The van der Waals surface area contributed by atoms with Gasteiger partial charge in [-0.05, 0) is 36.5 Å². The number of phenolic OH excluding ortho intramolecular Hbond substituents is 1. The molecule has 210 valence electrons. The molecular weight excluding hydrogens is 502 g/mol. The van der Waals surface area contributed by atoms with Gasteiger partial charge in [0, 0.05) is 12.8 Å². The van der Waals surface area contributed by atoms with Gasteiger partial charge in [0.25, 0.3) is 0 Å². The molecular formula is C24H35N5O9. The normalized spacial score (nSPS) is 14.0. The maximum absolute atomic E-state index is 12.9. The van der Waals surface area contributed by atoms with Gasteiger partial charge in [-0.3, -0.25) is 24.0 Å². The summed E-state index contributed by atoms with van der Waals surface area (Å²) in [6.45, 7) is 3.64. The largest absolute Gasteiger partial charge is 0.508 e. The van der Waals surface area contributed by atoms with Crippen LogP contribution in [0.25, 0.3) is 0 Å². The minimum atomic E-state index is -1.60. The quantitative estimate of drug-likeness (QED) is 0.122. The molecule has 0 radical (unpaired) electrons. The number of carboxylic acids is 2. The minimum absolute atomic E-state index is 0.0351. The number of phenols is 1. The van der Waals surface area contributed by atoms with Crippen molar-refractivity contribution in [2.24, 2.45) is 17.4 Å². The van der Waals surface area contributed by atoms with E-state index in [9.17, 15) is 44.1 Å². The summed E-state index contributed by atoms with van der Waals surface area (Å²) >= 11 is 0. The van der Waals surface area contributed by atoms with E-state index >= 15 is 0 Å². The fraction of sp³-hybridized carbons (Fsp3) is 0.500. The van der Waals surface area contributed by atoms with E-state index in [0.29, 0.717) is 5.56 Å². The predicted molar refractivity (Wildman–Crippen MR) is 133 cm³/mol. The first-order chi connectivity index (χ1) is 17.7. The number of amides is 4. The number of nitrogens with two attached hydrogens (primary N) is 2. The van der Waals surface area contributed by atoms with Gasteiger partial charge in [-0.1, -0.05) is 26.0 Å². The molecule has 0 aliphatic rings. The summed E-state index contributed by atoms with van der Waals surface area (Å²) < 4.78 is 0. The van der Waals surface area contributed by atoms with Crippen molar-refractivity contribution in [3.8, 4) is 5.75 Å². The van der Waals surface area contributed by atoms with Crippen molar-refractivity contribution in [3.05, 3.63) is 29.8 Å². The number of carbonyl (C=O) groups excluding carboxylic acids is 4. The molecule has 4 amide bonds. The first-order valence-electron chi connectivity index (χ1n) is 11.9. The van der Waals surface area contributed by atoms with Gasteiger partial charge < -0.3 is 42.7 Å². The summed E-state index contributed by atoms with van der Waals surface area (Å²) in [5.74, 6) is -6.37. The summed E-state index contributed by atoms with van der Waals surface area (Å²) in [6, 6.07) is 0.0857. The molecule has 0 saturated carbocycles. The van der Waals surface area contributed by atoms with Gasteiger partial charge >= 0.3 is 11.9 Å². The van der Waals surface area contributed by atoms with Crippen LogP contribution in [-0.2, 0) is 35.2 Å². The smallest absolute Gasteiger partial charge is 0.326 e. The molecule has 38 heavy (non-hydrogen) atoms. The lowest BCUT2D eigenvalue weighted by Gasteiger charge is -2.25. The van der Waals surface area contributed by atoms with Crippen LogP contribution in [0.15, 0.2) is 24.3 Å². The van der Waals surface area contributed by atoms with Crippen LogP contribution in [0, 0.1) is 5.92 Å². The Balaban J connectivity index is 3.06. The van der Waals surface area contributed by atoms with Crippen molar-refractivity contribution in [2.75, 3.05) is 0 Å². The van der Waals surface area contributed by atoms with E-state index in [1.807, 2.05) is 13.8 Å². The van der Waals surface area contributed by atoms with E-state index in [2.05, 4.69) is 16.0 Å². The number of carbonyl (C=O) groups is 6. The van der Waals surface area contributed by atoms with Crippen molar-refractivity contribution >= 4 is 35.6 Å². The highest BCUT2D eigenvalue weighted by Crippen LogP contribution is 2.12. The fourth-order valence-corrected chi connectivity index (χ4v) is 3.45. The molecule has 0 heterocycles. The third kappa shape index (κ3) is 11.7. The second-order valence-corrected chi connectivity index (χ2v) is 9.23. The van der Waals surface area contributed by atoms with Gasteiger partial charge in [0.05, 0.1) is 12.5 Å². The summed E-state index contributed by atoms with van der Waals surface area (Å²) in [6.07, 6.45) is -1.39. The van der Waals surface area contributed by atoms with Crippen molar-refractivity contribution in [1.82, 2.24) is 16.0 Å². The van der Waals surface area contributed by atoms with E-state index in [1.54, 1.807) is 0 Å². The Hall–Kier alpha value is -4.20. The molecule has 4 atom stereocenters. The Morgan fingerprint density at radius 3 is 1.87 bits per heavy atom.